The number of hydrogen-bond acceptors (Lipinski definition) is 5. The van der Waals surface area contributed by atoms with E-state index < -0.39 is 12.0 Å². The van der Waals surface area contributed by atoms with Crippen LogP contribution >= 0.6 is 11.3 Å². The highest BCUT2D eigenvalue weighted by Gasteiger charge is 2.26. The van der Waals surface area contributed by atoms with Crippen LogP contribution in [0.2, 0.25) is 0 Å². The quantitative estimate of drug-likeness (QED) is 0.756. The summed E-state index contributed by atoms with van der Waals surface area (Å²) in [5.41, 5.74) is 0. The average Bonchev–Trinajstić information content (AvgIpc) is 2.82. The van der Waals surface area contributed by atoms with Gasteiger partial charge in [0.05, 0.1) is 11.4 Å². The van der Waals surface area contributed by atoms with Crippen LogP contribution in [0, 0.1) is 0 Å². The molecule has 0 radical (unpaired) electrons. The summed E-state index contributed by atoms with van der Waals surface area (Å²) >= 11 is 1.42. The van der Waals surface area contributed by atoms with Gasteiger partial charge in [-0.05, 0) is 11.4 Å². The maximum Gasteiger partial charge on any atom is 0.322 e. The molecule has 1 aromatic rings. The highest BCUT2D eigenvalue weighted by atomic mass is 32.1. The first-order valence-electron chi connectivity index (χ1n) is 5.42. The number of ketones is 1. The lowest BCUT2D eigenvalue weighted by molar-refractivity contribution is -0.140. The molecule has 0 aliphatic carbocycles. The van der Waals surface area contributed by atoms with Crippen LogP contribution in [0.5, 0.6) is 0 Å². The van der Waals surface area contributed by atoms with E-state index in [1.807, 2.05) is 16.3 Å². The van der Waals surface area contributed by atoms with Gasteiger partial charge < -0.3 is 10.4 Å². The number of thiophene rings is 1. The van der Waals surface area contributed by atoms with E-state index in [0.29, 0.717) is 26.2 Å². The van der Waals surface area contributed by atoms with Crippen molar-refractivity contribution in [3.05, 3.63) is 22.4 Å². The fraction of sp³-hybridized carbons (Fsp3) is 0.455. The number of nitrogens with one attached hydrogen (secondary N) is 1. The molecule has 0 spiro atoms. The largest absolute Gasteiger partial charge is 0.480 e. The second kappa shape index (κ2) is 5.39. The predicted octanol–water partition coefficient (Wildman–Crippen LogP) is 0.289. The summed E-state index contributed by atoms with van der Waals surface area (Å²) in [5, 5.41) is 13.7. The van der Waals surface area contributed by atoms with E-state index in [2.05, 4.69) is 5.32 Å². The van der Waals surface area contributed by atoms with E-state index in [4.69, 9.17) is 5.11 Å². The fourth-order valence-corrected chi connectivity index (χ4v) is 2.50. The molecule has 2 rings (SSSR count). The molecule has 92 valence electrons. The van der Waals surface area contributed by atoms with Crippen molar-refractivity contribution in [1.82, 2.24) is 10.2 Å². The molecule has 1 aliphatic rings. The van der Waals surface area contributed by atoms with Crippen molar-refractivity contribution in [3.8, 4) is 0 Å². The molecule has 0 unspecified atom stereocenters. The molecule has 0 bridgehead atoms. The van der Waals surface area contributed by atoms with Crippen LogP contribution in [0.25, 0.3) is 0 Å². The van der Waals surface area contributed by atoms with Gasteiger partial charge in [-0.3, -0.25) is 14.5 Å². The Hall–Kier alpha value is -1.24. The summed E-state index contributed by atoms with van der Waals surface area (Å²) in [6.07, 6.45) is 0. The standard InChI is InChI=1S/C11H14N2O3S/c14-9(10-2-1-5-17-10)7-13-4-3-12-8(6-13)11(15)16/h1-2,5,8,12H,3-4,6-7H2,(H,15,16)/t8-/m0/s1. The molecule has 1 aliphatic heterocycles. The number of aliphatic carboxylic acids is 1. The van der Waals surface area contributed by atoms with Gasteiger partial charge >= 0.3 is 5.97 Å². The second-order valence-corrected chi connectivity index (χ2v) is 4.93. The molecule has 1 saturated heterocycles. The van der Waals surface area contributed by atoms with E-state index in [1.54, 1.807) is 6.07 Å². The fourth-order valence-electron chi connectivity index (χ4n) is 1.84. The van der Waals surface area contributed by atoms with Crippen LogP contribution < -0.4 is 5.32 Å². The Morgan fingerprint density at radius 2 is 2.41 bits per heavy atom. The van der Waals surface area contributed by atoms with Gasteiger partial charge in [0.15, 0.2) is 5.78 Å². The van der Waals surface area contributed by atoms with Crippen LogP contribution in [0.3, 0.4) is 0 Å². The lowest BCUT2D eigenvalue weighted by Gasteiger charge is -2.30. The Balaban J connectivity index is 1.91. The Morgan fingerprint density at radius 3 is 3.06 bits per heavy atom. The van der Waals surface area contributed by atoms with Gasteiger partial charge in [0.25, 0.3) is 0 Å². The first kappa shape index (κ1) is 12.2. The number of nitrogens with zero attached hydrogens (tertiary/aromatic N) is 1. The van der Waals surface area contributed by atoms with Crippen LogP contribution in [-0.4, -0.2) is 54.0 Å². The molecular formula is C11H14N2O3S. The molecule has 5 nitrogen and oxygen atoms in total. The van der Waals surface area contributed by atoms with E-state index in [9.17, 15) is 9.59 Å². The lowest BCUT2D eigenvalue weighted by atomic mass is 10.2. The topological polar surface area (TPSA) is 69.6 Å². The number of carbonyl (C=O) groups is 2. The third-order valence-electron chi connectivity index (χ3n) is 2.72. The van der Waals surface area contributed by atoms with Gasteiger partial charge in [-0.1, -0.05) is 6.07 Å². The van der Waals surface area contributed by atoms with Gasteiger partial charge in [0.2, 0.25) is 0 Å². The minimum atomic E-state index is -0.863. The molecule has 0 saturated carbocycles. The number of carboxylic acid groups (broad SMARTS) is 1. The molecule has 6 heteroatoms. The van der Waals surface area contributed by atoms with Gasteiger partial charge in [-0.25, -0.2) is 0 Å². The Labute approximate surface area is 103 Å². The van der Waals surface area contributed by atoms with Crippen molar-refractivity contribution in [2.75, 3.05) is 26.2 Å². The molecular weight excluding hydrogens is 240 g/mol. The minimum absolute atomic E-state index is 0.0611. The summed E-state index contributed by atoms with van der Waals surface area (Å²) in [6.45, 7) is 1.99. The van der Waals surface area contributed by atoms with Crippen molar-refractivity contribution in [3.63, 3.8) is 0 Å². The molecule has 0 aromatic carbocycles. The van der Waals surface area contributed by atoms with Crippen molar-refractivity contribution >= 4 is 23.1 Å². The van der Waals surface area contributed by atoms with Crippen molar-refractivity contribution in [1.29, 1.82) is 0 Å². The van der Waals surface area contributed by atoms with E-state index in [0.717, 1.165) is 4.88 Å². The van der Waals surface area contributed by atoms with Crippen LogP contribution in [0.4, 0.5) is 0 Å². The van der Waals surface area contributed by atoms with Crippen molar-refractivity contribution in [2.45, 2.75) is 6.04 Å². The number of carbonyl (C=O) groups excluding carboxylic acids is 1. The van der Waals surface area contributed by atoms with E-state index in [1.165, 1.54) is 11.3 Å². The van der Waals surface area contributed by atoms with E-state index in [-0.39, 0.29) is 5.78 Å². The molecule has 1 aromatic heterocycles. The monoisotopic (exact) mass is 254 g/mol. The van der Waals surface area contributed by atoms with Crippen LogP contribution in [0.15, 0.2) is 17.5 Å². The normalized spacial score (nSPS) is 21.3. The number of carboxylic acids is 1. The molecule has 17 heavy (non-hydrogen) atoms. The highest BCUT2D eigenvalue weighted by molar-refractivity contribution is 7.12. The molecule has 1 atom stereocenters. The number of piperazine rings is 1. The van der Waals surface area contributed by atoms with Gasteiger partial charge in [-0.2, -0.15) is 0 Å². The Morgan fingerprint density at radius 1 is 1.59 bits per heavy atom. The smallest absolute Gasteiger partial charge is 0.322 e. The number of rotatable bonds is 4. The summed E-state index contributed by atoms with van der Waals surface area (Å²) in [6, 6.07) is 3.07. The zero-order valence-corrected chi connectivity index (χ0v) is 10.1. The Kier molecular flexibility index (Phi) is 3.88. The highest BCUT2D eigenvalue weighted by Crippen LogP contribution is 2.11. The predicted molar refractivity (Wildman–Crippen MR) is 64.5 cm³/mol. The first-order chi connectivity index (χ1) is 8.16. The first-order valence-corrected chi connectivity index (χ1v) is 6.30. The average molecular weight is 254 g/mol. The van der Waals surface area contributed by atoms with Crippen molar-refractivity contribution in [2.24, 2.45) is 0 Å². The molecule has 0 amide bonds. The van der Waals surface area contributed by atoms with Crippen LogP contribution in [0.1, 0.15) is 9.67 Å². The SMILES string of the molecule is O=C(CN1CCN[C@H](C(=O)O)C1)c1cccs1. The second-order valence-electron chi connectivity index (χ2n) is 3.98. The zero-order chi connectivity index (χ0) is 12.3. The summed E-state index contributed by atoms with van der Waals surface area (Å²) in [4.78, 5) is 25.3. The van der Waals surface area contributed by atoms with Gasteiger partial charge in [0.1, 0.15) is 6.04 Å². The summed E-state index contributed by atoms with van der Waals surface area (Å²) < 4.78 is 0. The zero-order valence-electron chi connectivity index (χ0n) is 9.26. The van der Waals surface area contributed by atoms with Crippen molar-refractivity contribution < 1.29 is 14.7 Å². The third-order valence-corrected chi connectivity index (χ3v) is 3.63. The maximum atomic E-state index is 11.9. The third kappa shape index (κ3) is 3.12. The van der Waals surface area contributed by atoms with Gasteiger partial charge in [0, 0.05) is 19.6 Å². The molecule has 1 fully saturated rings. The maximum absolute atomic E-state index is 11.9. The summed E-state index contributed by atoms with van der Waals surface area (Å²) in [5.74, 6) is -0.802. The van der Waals surface area contributed by atoms with E-state index >= 15 is 0 Å². The van der Waals surface area contributed by atoms with Gasteiger partial charge in [-0.15, -0.1) is 11.3 Å². The number of hydrogen-bond donors (Lipinski definition) is 2. The molecule has 2 N–H and O–H groups in total. The van der Waals surface area contributed by atoms with Crippen LogP contribution in [-0.2, 0) is 4.79 Å². The number of Topliss-reactive ketones (excluding diaryl/α,β-unsaturated/α-hetero) is 1. The summed E-state index contributed by atoms with van der Waals surface area (Å²) in [7, 11) is 0. The Bertz CT molecular complexity index is 405. The minimum Gasteiger partial charge on any atom is -0.480 e. The molecule has 2 heterocycles. The lowest BCUT2D eigenvalue weighted by Crippen LogP contribution is -2.55.